The van der Waals surface area contributed by atoms with Gasteiger partial charge in [-0.25, -0.2) is 0 Å². The number of nitrogens with one attached hydrogen (secondary N) is 2. The number of hydrogen-bond donors (Lipinski definition) is 2. The van der Waals surface area contributed by atoms with Gasteiger partial charge in [-0.15, -0.1) is 10.2 Å². The van der Waals surface area contributed by atoms with E-state index in [1.807, 2.05) is 38.1 Å². The fraction of sp³-hybridized carbons (Fsp3) is 0.120. The summed E-state index contributed by atoms with van der Waals surface area (Å²) in [6, 6.07) is 19.7. The number of nitrogens with zero attached hydrogens (tertiary/aromatic N) is 2. The summed E-state index contributed by atoms with van der Waals surface area (Å²) in [5.74, 6) is 0.0768. The van der Waals surface area contributed by atoms with Crippen molar-refractivity contribution in [3.63, 3.8) is 0 Å². The number of carbonyl (C=O) groups excluding carboxylic acids is 2. The number of amides is 2. The highest BCUT2D eigenvalue weighted by Crippen LogP contribution is 2.26. The van der Waals surface area contributed by atoms with E-state index >= 15 is 0 Å². The zero-order valence-corrected chi connectivity index (χ0v) is 18.8. The summed E-state index contributed by atoms with van der Waals surface area (Å²) in [5.41, 5.74) is 4.38. The van der Waals surface area contributed by atoms with Crippen LogP contribution in [0.3, 0.4) is 0 Å². The number of carbonyl (C=O) groups is 2. The van der Waals surface area contributed by atoms with Gasteiger partial charge in [0.25, 0.3) is 5.91 Å². The lowest BCUT2D eigenvalue weighted by Gasteiger charge is -2.10. The molecule has 0 fully saturated rings. The number of rotatable bonds is 6. The molecule has 0 aliphatic heterocycles. The van der Waals surface area contributed by atoms with Gasteiger partial charge in [0.15, 0.2) is 0 Å². The lowest BCUT2D eigenvalue weighted by molar-refractivity contribution is -0.115. The molecule has 0 radical (unpaired) electrons. The Morgan fingerprint density at radius 1 is 0.909 bits per heavy atom. The highest BCUT2D eigenvalue weighted by atomic mass is 35.5. The maximum absolute atomic E-state index is 12.4. The highest BCUT2D eigenvalue weighted by molar-refractivity contribution is 6.31. The van der Waals surface area contributed by atoms with Crippen LogP contribution in [-0.2, 0) is 4.79 Å². The van der Waals surface area contributed by atoms with E-state index in [0.29, 0.717) is 33.6 Å². The van der Waals surface area contributed by atoms with Gasteiger partial charge in [0, 0.05) is 27.4 Å². The van der Waals surface area contributed by atoms with E-state index < -0.39 is 0 Å². The fourth-order valence-electron chi connectivity index (χ4n) is 3.23. The first-order chi connectivity index (χ1) is 15.9. The van der Waals surface area contributed by atoms with Crippen molar-refractivity contribution >= 4 is 29.1 Å². The van der Waals surface area contributed by atoms with E-state index in [2.05, 4.69) is 20.8 Å². The molecule has 1 aromatic heterocycles. The molecule has 8 heteroatoms. The maximum atomic E-state index is 12.4. The van der Waals surface area contributed by atoms with Gasteiger partial charge in [0.1, 0.15) is 0 Å². The topological polar surface area (TPSA) is 97.1 Å². The molecule has 0 spiro atoms. The van der Waals surface area contributed by atoms with Crippen LogP contribution < -0.4 is 10.6 Å². The first-order valence-electron chi connectivity index (χ1n) is 10.3. The zero-order valence-electron chi connectivity index (χ0n) is 18.1. The molecule has 0 atom stereocenters. The Bertz CT molecular complexity index is 1320. The van der Waals surface area contributed by atoms with E-state index in [9.17, 15) is 9.59 Å². The van der Waals surface area contributed by atoms with Crippen LogP contribution in [0.15, 0.2) is 71.1 Å². The molecule has 7 nitrogen and oxygen atoms in total. The Hall–Kier alpha value is -3.97. The monoisotopic (exact) mass is 460 g/mol. The lowest BCUT2D eigenvalue weighted by Crippen LogP contribution is -2.33. The smallest absolute Gasteiger partial charge is 0.251 e. The second-order valence-corrected chi connectivity index (χ2v) is 7.86. The molecule has 3 aromatic carbocycles. The second kappa shape index (κ2) is 9.67. The first-order valence-corrected chi connectivity index (χ1v) is 10.6. The molecule has 0 bridgehead atoms. The summed E-state index contributed by atoms with van der Waals surface area (Å²) >= 11 is 6.07. The first kappa shape index (κ1) is 22.2. The SMILES string of the molecule is Cc1ccccc1-c1nnc(-c2ccc(C(=O)NCC(=O)Nc3cccc(Cl)c3C)cc2)o1. The van der Waals surface area contributed by atoms with Crippen molar-refractivity contribution in [1.29, 1.82) is 0 Å². The molecule has 1 heterocycles. The number of aromatic nitrogens is 2. The molecule has 0 unspecified atom stereocenters. The lowest BCUT2D eigenvalue weighted by atomic mass is 10.1. The highest BCUT2D eigenvalue weighted by Gasteiger charge is 2.14. The molecule has 0 aliphatic rings. The van der Waals surface area contributed by atoms with Crippen LogP contribution in [0.1, 0.15) is 21.5 Å². The van der Waals surface area contributed by atoms with Crippen molar-refractivity contribution in [3.8, 4) is 22.9 Å². The van der Waals surface area contributed by atoms with E-state index in [1.54, 1.807) is 42.5 Å². The Morgan fingerprint density at radius 2 is 1.64 bits per heavy atom. The molecule has 166 valence electrons. The van der Waals surface area contributed by atoms with Gasteiger partial charge in [-0.1, -0.05) is 35.9 Å². The summed E-state index contributed by atoms with van der Waals surface area (Å²) in [7, 11) is 0. The Labute approximate surface area is 195 Å². The molecular weight excluding hydrogens is 440 g/mol. The van der Waals surface area contributed by atoms with Crippen molar-refractivity contribution < 1.29 is 14.0 Å². The molecular formula is C25H21ClN4O3. The second-order valence-electron chi connectivity index (χ2n) is 7.45. The van der Waals surface area contributed by atoms with Crippen molar-refractivity contribution in [1.82, 2.24) is 15.5 Å². The summed E-state index contributed by atoms with van der Waals surface area (Å²) in [5, 5.41) is 14.1. The quantitative estimate of drug-likeness (QED) is 0.420. The fourth-order valence-corrected chi connectivity index (χ4v) is 3.40. The van der Waals surface area contributed by atoms with Gasteiger partial charge >= 0.3 is 0 Å². The zero-order chi connectivity index (χ0) is 23.4. The van der Waals surface area contributed by atoms with E-state index in [4.69, 9.17) is 16.0 Å². The minimum Gasteiger partial charge on any atom is -0.416 e. The molecule has 2 amide bonds. The third kappa shape index (κ3) is 5.10. The Kier molecular flexibility index (Phi) is 6.51. The standard InChI is InChI=1S/C25H21ClN4O3/c1-15-6-3-4-7-19(15)25-30-29-24(33-25)18-12-10-17(11-13-18)23(32)27-14-22(31)28-21-9-5-8-20(26)16(21)2/h3-13H,14H2,1-2H3,(H,27,32)(H,28,31). The third-order valence-electron chi connectivity index (χ3n) is 5.15. The van der Waals surface area contributed by atoms with E-state index in [0.717, 1.165) is 16.7 Å². The average molecular weight is 461 g/mol. The van der Waals surface area contributed by atoms with Crippen molar-refractivity contribution in [2.45, 2.75) is 13.8 Å². The summed E-state index contributed by atoms with van der Waals surface area (Å²) < 4.78 is 5.81. The molecule has 0 aliphatic carbocycles. The minimum absolute atomic E-state index is 0.171. The van der Waals surface area contributed by atoms with E-state index in [-0.39, 0.29) is 18.4 Å². The number of anilines is 1. The molecule has 4 rings (SSSR count). The average Bonchev–Trinajstić information content (AvgIpc) is 3.31. The molecule has 33 heavy (non-hydrogen) atoms. The van der Waals surface area contributed by atoms with E-state index in [1.165, 1.54) is 0 Å². The van der Waals surface area contributed by atoms with Gasteiger partial charge in [0.2, 0.25) is 17.7 Å². The van der Waals surface area contributed by atoms with Gasteiger partial charge in [-0.3, -0.25) is 9.59 Å². The minimum atomic E-state index is -0.370. The summed E-state index contributed by atoms with van der Waals surface area (Å²) in [4.78, 5) is 24.6. The van der Waals surface area contributed by atoms with Crippen LogP contribution in [0.5, 0.6) is 0 Å². The number of benzene rings is 3. The van der Waals surface area contributed by atoms with Crippen LogP contribution in [-0.4, -0.2) is 28.6 Å². The Balaban J connectivity index is 1.37. The molecule has 0 saturated carbocycles. The predicted molar refractivity (Wildman–Crippen MR) is 127 cm³/mol. The summed E-state index contributed by atoms with van der Waals surface area (Å²) in [6.07, 6.45) is 0. The van der Waals surface area contributed by atoms with Gasteiger partial charge in [-0.05, 0) is 67.4 Å². The van der Waals surface area contributed by atoms with Crippen molar-refractivity contribution in [2.75, 3.05) is 11.9 Å². The third-order valence-corrected chi connectivity index (χ3v) is 5.56. The van der Waals surface area contributed by atoms with Crippen LogP contribution in [0, 0.1) is 13.8 Å². The Morgan fingerprint density at radius 3 is 2.39 bits per heavy atom. The maximum Gasteiger partial charge on any atom is 0.251 e. The largest absolute Gasteiger partial charge is 0.416 e. The number of halogens is 1. The van der Waals surface area contributed by atoms with Crippen LogP contribution in [0.4, 0.5) is 5.69 Å². The van der Waals surface area contributed by atoms with Crippen LogP contribution in [0.2, 0.25) is 5.02 Å². The van der Waals surface area contributed by atoms with Crippen molar-refractivity contribution in [2.24, 2.45) is 0 Å². The molecule has 0 saturated heterocycles. The molecule has 4 aromatic rings. The predicted octanol–water partition coefficient (Wildman–Crippen LogP) is 5.04. The van der Waals surface area contributed by atoms with Gasteiger partial charge < -0.3 is 15.1 Å². The normalized spacial score (nSPS) is 10.6. The molecule has 2 N–H and O–H groups in total. The van der Waals surface area contributed by atoms with Gasteiger partial charge in [0.05, 0.1) is 6.54 Å². The summed E-state index contributed by atoms with van der Waals surface area (Å²) in [6.45, 7) is 3.62. The van der Waals surface area contributed by atoms with Crippen molar-refractivity contribution in [3.05, 3.63) is 88.4 Å². The number of hydrogen-bond acceptors (Lipinski definition) is 5. The van der Waals surface area contributed by atoms with Crippen LogP contribution in [0.25, 0.3) is 22.9 Å². The number of aryl methyl sites for hydroxylation is 1. The van der Waals surface area contributed by atoms with Gasteiger partial charge in [-0.2, -0.15) is 0 Å². The van der Waals surface area contributed by atoms with Crippen LogP contribution >= 0.6 is 11.6 Å².